The van der Waals surface area contributed by atoms with E-state index in [1.165, 1.54) is 18.1 Å². The van der Waals surface area contributed by atoms with E-state index < -0.39 is 9.84 Å². The zero-order valence-electron chi connectivity index (χ0n) is 17.8. The van der Waals surface area contributed by atoms with E-state index in [0.29, 0.717) is 10.6 Å². The Morgan fingerprint density at radius 3 is 2.38 bits per heavy atom. The Morgan fingerprint density at radius 1 is 1.10 bits per heavy atom. The average Bonchev–Trinajstić information content (AvgIpc) is 3.02. The molecule has 0 atom stereocenters. The van der Waals surface area contributed by atoms with Crippen LogP contribution in [0, 0.1) is 0 Å². The highest BCUT2D eigenvalue weighted by molar-refractivity contribution is 7.91. The molecule has 0 unspecified atom stereocenters. The number of hydrogen-bond donors (Lipinski definition) is 0. The van der Waals surface area contributed by atoms with Crippen molar-refractivity contribution in [2.45, 2.75) is 43.4 Å². The summed E-state index contributed by atoms with van der Waals surface area (Å²) in [6.45, 7) is 8.86. The summed E-state index contributed by atoms with van der Waals surface area (Å²) in [6.07, 6.45) is 2.77. The lowest BCUT2D eigenvalue weighted by Crippen LogP contribution is -2.40. The van der Waals surface area contributed by atoms with E-state index >= 15 is 0 Å². The maximum atomic E-state index is 12.0. The molecule has 2 aliphatic rings. The first-order valence-electron chi connectivity index (χ1n) is 9.48. The summed E-state index contributed by atoms with van der Waals surface area (Å²) in [4.78, 5) is 23.6. The minimum atomic E-state index is -3.14. The van der Waals surface area contributed by atoms with Crippen LogP contribution in [0.5, 0.6) is 0 Å². The van der Waals surface area contributed by atoms with Crippen LogP contribution >= 0.6 is 0 Å². The first-order chi connectivity index (χ1) is 13.4. The van der Waals surface area contributed by atoms with Crippen LogP contribution in [0.4, 0.5) is 10.5 Å². The van der Waals surface area contributed by atoms with Crippen LogP contribution < -0.4 is 4.90 Å². The van der Waals surface area contributed by atoms with Crippen molar-refractivity contribution >= 4 is 21.6 Å². The van der Waals surface area contributed by atoms with Crippen molar-refractivity contribution in [1.82, 2.24) is 14.9 Å². The third-order valence-corrected chi connectivity index (χ3v) is 7.37. The zero-order chi connectivity index (χ0) is 21.6. The number of aromatic nitrogens is 2. The minimum Gasteiger partial charge on any atom is -0.330 e. The molecule has 0 aliphatic carbocycles. The van der Waals surface area contributed by atoms with Crippen molar-refractivity contribution < 1.29 is 13.2 Å². The smallest absolute Gasteiger partial charge is 0.323 e. The SMILES string of the molecule is CC1(C)CS(=O)(=O)c2cncnc21.CN(C)C(=O)N1CC(C)(C)c2ccccc21. The van der Waals surface area contributed by atoms with Gasteiger partial charge in [0.1, 0.15) is 11.2 Å². The van der Waals surface area contributed by atoms with Gasteiger partial charge < -0.3 is 4.90 Å². The second-order valence-corrected chi connectivity index (χ2v) is 11.0. The second-order valence-electron chi connectivity index (χ2n) is 9.04. The zero-order valence-corrected chi connectivity index (χ0v) is 18.6. The van der Waals surface area contributed by atoms with Crippen LogP contribution in [-0.2, 0) is 20.7 Å². The number of carbonyl (C=O) groups is 1. The third kappa shape index (κ3) is 3.85. The van der Waals surface area contributed by atoms with Crippen LogP contribution in [0.25, 0.3) is 0 Å². The van der Waals surface area contributed by atoms with Gasteiger partial charge in [0, 0.05) is 43.4 Å². The molecule has 2 amide bonds. The number of urea groups is 1. The third-order valence-electron chi connectivity index (χ3n) is 5.30. The first-order valence-corrected chi connectivity index (χ1v) is 11.1. The number of para-hydroxylation sites is 1. The molecule has 0 fully saturated rings. The Morgan fingerprint density at radius 2 is 1.76 bits per heavy atom. The Bertz CT molecular complexity index is 1050. The number of benzene rings is 1. The molecule has 7 nitrogen and oxygen atoms in total. The lowest BCUT2D eigenvalue weighted by molar-refractivity contribution is 0.223. The van der Waals surface area contributed by atoms with Crippen LogP contribution in [-0.4, -0.2) is 55.7 Å². The van der Waals surface area contributed by atoms with Crippen molar-refractivity contribution in [2.75, 3.05) is 31.3 Å². The standard InChI is InChI=1S/C13H18N2O.C8H10N2O2S/c1-13(2)9-15(12(16)14(3)4)11-8-6-5-7-10(11)13;1-8(2)4-13(11,12)6-3-9-5-10-7(6)8/h5-8H,9H2,1-4H3;3,5H,4H2,1-2H3. The highest BCUT2D eigenvalue weighted by Gasteiger charge is 2.42. The van der Waals surface area contributed by atoms with E-state index in [-0.39, 0.29) is 22.6 Å². The fourth-order valence-electron chi connectivity index (χ4n) is 3.93. The van der Waals surface area contributed by atoms with Gasteiger partial charge in [-0.1, -0.05) is 45.9 Å². The molecule has 1 aromatic carbocycles. The highest BCUT2D eigenvalue weighted by atomic mass is 32.2. The predicted octanol–water partition coefficient (Wildman–Crippen LogP) is 3.01. The molecule has 0 saturated carbocycles. The van der Waals surface area contributed by atoms with Gasteiger partial charge >= 0.3 is 6.03 Å². The summed E-state index contributed by atoms with van der Waals surface area (Å²) in [6, 6.07) is 8.20. The van der Waals surface area contributed by atoms with Crippen LogP contribution in [0.15, 0.2) is 41.7 Å². The Balaban J connectivity index is 0.000000169. The van der Waals surface area contributed by atoms with Gasteiger partial charge in [-0.05, 0) is 11.6 Å². The number of anilines is 1. The summed E-state index contributed by atoms with van der Waals surface area (Å²) in [5, 5.41) is 0. The Hall–Kier alpha value is -2.48. The van der Waals surface area contributed by atoms with Crippen molar-refractivity contribution in [3.63, 3.8) is 0 Å². The number of hydrogen-bond acceptors (Lipinski definition) is 5. The predicted molar refractivity (Wildman–Crippen MR) is 113 cm³/mol. The van der Waals surface area contributed by atoms with Crippen molar-refractivity contribution in [3.05, 3.63) is 48.0 Å². The number of fused-ring (bicyclic) bond motifs is 2. The van der Waals surface area contributed by atoms with Gasteiger partial charge in [0.2, 0.25) is 0 Å². The van der Waals surface area contributed by atoms with Crippen molar-refractivity contribution in [2.24, 2.45) is 0 Å². The number of nitrogens with zero attached hydrogens (tertiary/aromatic N) is 4. The molecular weight excluding hydrogens is 388 g/mol. The molecular formula is C21H28N4O3S. The second kappa shape index (κ2) is 7.09. The maximum absolute atomic E-state index is 12.0. The van der Waals surface area contributed by atoms with E-state index in [1.807, 2.05) is 36.9 Å². The average molecular weight is 417 g/mol. The number of sulfone groups is 1. The molecule has 1 aromatic heterocycles. The molecule has 0 saturated heterocycles. The van der Waals surface area contributed by atoms with E-state index in [9.17, 15) is 13.2 Å². The molecule has 0 spiro atoms. The molecule has 156 valence electrons. The molecule has 0 radical (unpaired) electrons. The normalized spacial score (nSPS) is 19.6. The first kappa shape index (κ1) is 21.2. The van der Waals surface area contributed by atoms with Crippen LogP contribution in [0.2, 0.25) is 0 Å². The molecule has 29 heavy (non-hydrogen) atoms. The molecule has 8 heteroatoms. The van der Waals surface area contributed by atoms with Gasteiger partial charge in [-0.25, -0.2) is 23.2 Å². The number of rotatable bonds is 0. The van der Waals surface area contributed by atoms with Crippen molar-refractivity contribution in [1.29, 1.82) is 0 Å². The monoisotopic (exact) mass is 416 g/mol. The maximum Gasteiger partial charge on any atom is 0.323 e. The number of amides is 2. The van der Waals surface area contributed by atoms with Crippen LogP contribution in [0.3, 0.4) is 0 Å². The molecule has 2 aliphatic heterocycles. The molecule has 3 heterocycles. The van der Waals surface area contributed by atoms with E-state index in [2.05, 4.69) is 29.9 Å². The summed E-state index contributed by atoms with van der Waals surface area (Å²) in [7, 11) is 0.438. The molecule has 0 N–H and O–H groups in total. The Labute approximate surface area is 172 Å². The molecule has 2 aromatic rings. The van der Waals surface area contributed by atoms with Gasteiger partial charge in [0.15, 0.2) is 9.84 Å². The summed E-state index contributed by atoms with van der Waals surface area (Å²) in [5.41, 5.74) is 2.61. The topological polar surface area (TPSA) is 83.5 Å². The lowest BCUT2D eigenvalue weighted by Gasteiger charge is -2.23. The summed E-state index contributed by atoms with van der Waals surface area (Å²) < 4.78 is 23.2. The van der Waals surface area contributed by atoms with Crippen molar-refractivity contribution in [3.8, 4) is 0 Å². The van der Waals surface area contributed by atoms with E-state index in [0.717, 1.165) is 12.2 Å². The van der Waals surface area contributed by atoms with Gasteiger partial charge in [0.25, 0.3) is 0 Å². The van der Waals surface area contributed by atoms with Gasteiger partial charge in [-0.3, -0.25) is 4.90 Å². The quantitative estimate of drug-likeness (QED) is 0.659. The lowest BCUT2D eigenvalue weighted by atomic mass is 9.87. The minimum absolute atomic E-state index is 0.0439. The summed E-state index contributed by atoms with van der Waals surface area (Å²) in [5.74, 6) is 0.133. The molecule has 0 bridgehead atoms. The van der Waals surface area contributed by atoms with Gasteiger partial charge in [-0.2, -0.15) is 0 Å². The van der Waals surface area contributed by atoms with E-state index in [1.54, 1.807) is 19.0 Å². The van der Waals surface area contributed by atoms with E-state index in [4.69, 9.17) is 0 Å². The van der Waals surface area contributed by atoms with Gasteiger partial charge in [0.05, 0.1) is 11.4 Å². The van der Waals surface area contributed by atoms with Crippen LogP contribution in [0.1, 0.15) is 39.0 Å². The summed E-state index contributed by atoms with van der Waals surface area (Å²) >= 11 is 0. The fraction of sp³-hybridized carbons (Fsp3) is 0.476. The number of carbonyl (C=O) groups excluding carboxylic acids is 1. The van der Waals surface area contributed by atoms with Gasteiger partial charge in [-0.15, -0.1) is 0 Å². The fourth-order valence-corrected chi connectivity index (χ4v) is 6.02. The largest absolute Gasteiger partial charge is 0.330 e. The Kier molecular flexibility index (Phi) is 5.19. The molecule has 4 rings (SSSR count). The highest BCUT2D eigenvalue weighted by Crippen LogP contribution is 2.40.